The Morgan fingerprint density at radius 2 is 1.31 bits per heavy atom. The lowest BCUT2D eigenvalue weighted by atomic mass is 10.3. The molecular weight excluding hydrogens is 200 g/mol. The van der Waals surface area contributed by atoms with Crippen LogP contribution in [0.25, 0.3) is 0 Å². The summed E-state index contributed by atoms with van der Waals surface area (Å²) in [4.78, 5) is 0. The van der Waals surface area contributed by atoms with E-state index in [-0.39, 0.29) is 0 Å². The molecule has 0 N–H and O–H groups in total. The minimum atomic E-state index is 0.679. The zero-order valence-electron chi connectivity index (χ0n) is 9.22. The largest absolute Gasteiger partial charge is 0.494 e. The summed E-state index contributed by atoms with van der Waals surface area (Å²) in [6, 6.07) is 17.3. The van der Waals surface area contributed by atoms with Gasteiger partial charge in [0, 0.05) is 0 Å². The fraction of sp³-hybridized carbons (Fsp3) is 0.143. The van der Waals surface area contributed by atoms with E-state index >= 15 is 0 Å². The molecule has 2 aromatic rings. The molecule has 0 aliphatic carbocycles. The van der Waals surface area contributed by atoms with Gasteiger partial charge in [-0.15, -0.1) is 0 Å². The quantitative estimate of drug-likeness (QED) is 0.769. The first-order chi connectivity index (χ1) is 7.88. The SMILES string of the molecule is CCOc1ccc(Oc2ccccc2)cc1. The summed E-state index contributed by atoms with van der Waals surface area (Å²) >= 11 is 0. The second-order valence-electron chi connectivity index (χ2n) is 3.32. The Morgan fingerprint density at radius 1 is 0.750 bits per heavy atom. The molecular formula is C14H14O2. The number of ether oxygens (including phenoxy) is 2. The summed E-state index contributed by atoms with van der Waals surface area (Å²) < 4.78 is 11.0. The molecule has 2 heteroatoms. The molecule has 0 aliphatic heterocycles. The van der Waals surface area contributed by atoms with E-state index < -0.39 is 0 Å². The molecule has 0 atom stereocenters. The van der Waals surface area contributed by atoms with E-state index in [1.54, 1.807) is 0 Å². The van der Waals surface area contributed by atoms with Gasteiger partial charge < -0.3 is 9.47 Å². The molecule has 2 rings (SSSR count). The molecule has 2 nitrogen and oxygen atoms in total. The number of benzene rings is 2. The second kappa shape index (κ2) is 5.21. The van der Waals surface area contributed by atoms with Crippen LogP contribution >= 0.6 is 0 Å². The molecule has 0 radical (unpaired) electrons. The highest BCUT2D eigenvalue weighted by molar-refractivity contribution is 5.35. The Labute approximate surface area is 95.4 Å². The van der Waals surface area contributed by atoms with Gasteiger partial charge in [-0.3, -0.25) is 0 Å². The smallest absolute Gasteiger partial charge is 0.127 e. The Balaban J connectivity index is 2.05. The van der Waals surface area contributed by atoms with Crippen LogP contribution in [0.2, 0.25) is 0 Å². The summed E-state index contributed by atoms with van der Waals surface area (Å²) in [5.74, 6) is 2.52. The molecule has 0 saturated heterocycles. The van der Waals surface area contributed by atoms with E-state index in [2.05, 4.69) is 0 Å². The third-order valence-electron chi connectivity index (χ3n) is 2.11. The van der Waals surface area contributed by atoms with Crippen molar-refractivity contribution in [1.29, 1.82) is 0 Å². The first-order valence-electron chi connectivity index (χ1n) is 5.34. The molecule has 0 fully saturated rings. The Bertz CT molecular complexity index is 420. The van der Waals surface area contributed by atoms with Gasteiger partial charge in [0.15, 0.2) is 0 Å². The molecule has 2 aromatic carbocycles. The molecule has 0 aliphatic rings. The lowest BCUT2D eigenvalue weighted by Gasteiger charge is -2.06. The first kappa shape index (κ1) is 10.6. The topological polar surface area (TPSA) is 18.5 Å². The Morgan fingerprint density at radius 3 is 1.94 bits per heavy atom. The molecule has 0 spiro atoms. The average molecular weight is 214 g/mol. The third kappa shape index (κ3) is 2.76. The molecule has 16 heavy (non-hydrogen) atoms. The zero-order chi connectivity index (χ0) is 11.2. The average Bonchev–Trinajstić information content (AvgIpc) is 2.33. The summed E-state index contributed by atoms with van der Waals surface area (Å²) in [5, 5.41) is 0. The van der Waals surface area contributed by atoms with Crippen molar-refractivity contribution >= 4 is 0 Å². The van der Waals surface area contributed by atoms with Crippen molar-refractivity contribution in [3.05, 3.63) is 54.6 Å². The molecule has 0 heterocycles. The zero-order valence-corrected chi connectivity index (χ0v) is 9.22. The van der Waals surface area contributed by atoms with Crippen LogP contribution in [0.3, 0.4) is 0 Å². The van der Waals surface area contributed by atoms with Crippen LogP contribution < -0.4 is 9.47 Å². The van der Waals surface area contributed by atoms with Crippen LogP contribution in [0.15, 0.2) is 54.6 Å². The summed E-state index contributed by atoms with van der Waals surface area (Å²) in [6.07, 6.45) is 0. The monoisotopic (exact) mass is 214 g/mol. The lowest BCUT2D eigenvalue weighted by molar-refractivity contribution is 0.339. The van der Waals surface area contributed by atoms with E-state index in [4.69, 9.17) is 9.47 Å². The summed E-state index contributed by atoms with van der Waals surface area (Å²) in [5.41, 5.74) is 0. The van der Waals surface area contributed by atoms with E-state index in [9.17, 15) is 0 Å². The van der Waals surface area contributed by atoms with Crippen molar-refractivity contribution in [2.24, 2.45) is 0 Å². The van der Waals surface area contributed by atoms with Crippen LogP contribution in [0, 0.1) is 0 Å². The lowest BCUT2D eigenvalue weighted by Crippen LogP contribution is -1.90. The Kier molecular flexibility index (Phi) is 3.44. The number of hydrogen-bond donors (Lipinski definition) is 0. The molecule has 0 amide bonds. The van der Waals surface area contributed by atoms with Gasteiger partial charge in [0.2, 0.25) is 0 Å². The second-order valence-corrected chi connectivity index (χ2v) is 3.32. The maximum atomic E-state index is 5.66. The van der Waals surface area contributed by atoms with Gasteiger partial charge in [-0.05, 0) is 43.3 Å². The van der Waals surface area contributed by atoms with Gasteiger partial charge in [0.1, 0.15) is 17.2 Å². The van der Waals surface area contributed by atoms with Crippen LogP contribution in [-0.2, 0) is 0 Å². The molecule has 0 bridgehead atoms. The predicted octanol–water partition coefficient (Wildman–Crippen LogP) is 3.88. The highest BCUT2D eigenvalue weighted by Crippen LogP contribution is 2.23. The molecule has 0 saturated carbocycles. The first-order valence-corrected chi connectivity index (χ1v) is 5.34. The maximum absolute atomic E-state index is 5.66. The van der Waals surface area contributed by atoms with Crippen molar-refractivity contribution < 1.29 is 9.47 Å². The van der Waals surface area contributed by atoms with Crippen LogP contribution in [0.5, 0.6) is 17.2 Å². The van der Waals surface area contributed by atoms with E-state index in [1.165, 1.54) is 0 Å². The van der Waals surface area contributed by atoms with Gasteiger partial charge in [-0.25, -0.2) is 0 Å². The number of rotatable bonds is 4. The number of para-hydroxylation sites is 1. The van der Waals surface area contributed by atoms with Crippen molar-refractivity contribution in [1.82, 2.24) is 0 Å². The highest BCUT2D eigenvalue weighted by atomic mass is 16.5. The standard InChI is InChI=1S/C14H14O2/c1-2-15-12-8-10-14(11-9-12)16-13-6-4-3-5-7-13/h3-11H,2H2,1H3. The minimum Gasteiger partial charge on any atom is -0.494 e. The predicted molar refractivity (Wildman–Crippen MR) is 64.1 cm³/mol. The van der Waals surface area contributed by atoms with Crippen LogP contribution in [0.1, 0.15) is 6.92 Å². The Hall–Kier alpha value is -1.96. The normalized spacial score (nSPS) is 9.81. The van der Waals surface area contributed by atoms with Gasteiger partial charge in [0.05, 0.1) is 6.61 Å². The van der Waals surface area contributed by atoms with Crippen LogP contribution in [-0.4, -0.2) is 6.61 Å². The summed E-state index contributed by atoms with van der Waals surface area (Å²) in [7, 11) is 0. The number of hydrogen-bond acceptors (Lipinski definition) is 2. The highest BCUT2D eigenvalue weighted by Gasteiger charge is 1.97. The maximum Gasteiger partial charge on any atom is 0.127 e. The van der Waals surface area contributed by atoms with Gasteiger partial charge in [-0.1, -0.05) is 18.2 Å². The molecule has 82 valence electrons. The minimum absolute atomic E-state index is 0.679. The fourth-order valence-electron chi connectivity index (χ4n) is 1.40. The third-order valence-corrected chi connectivity index (χ3v) is 2.11. The van der Waals surface area contributed by atoms with E-state index in [0.717, 1.165) is 17.2 Å². The van der Waals surface area contributed by atoms with Gasteiger partial charge >= 0.3 is 0 Å². The fourth-order valence-corrected chi connectivity index (χ4v) is 1.40. The van der Waals surface area contributed by atoms with E-state index in [1.807, 2.05) is 61.5 Å². The van der Waals surface area contributed by atoms with Crippen LogP contribution in [0.4, 0.5) is 0 Å². The van der Waals surface area contributed by atoms with E-state index in [0.29, 0.717) is 6.61 Å². The molecule has 0 aromatic heterocycles. The van der Waals surface area contributed by atoms with Crippen molar-refractivity contribution in [3.8, 4) is 17.2 Å². The van der Waals surface area contributed by atoms with Gasteiger partial charge in [0.25, 0.3) is 0 Å². The van der Waals surface area contributed by atoms with Gasteiger partial charge in [-0.2, -0.15) is 0 Å². The van der Waals surface area contributed by atoms with Crippen molar-refractivity contribution in [3.63, 3.8) is 0 Å². The molecule has 0 unspecified atom stereocenters. The summed E-state index contributed by atoms with van der Waals surface area (Å²) in [6.45, 7) is 2.65. The van der Waals surface area contributed by atoms with Crippen molar-refractivity contribution in [2.45, 2.75) is 6.92 Å². The van der Waals surface area contributed by atoms with Crippen molar-refractivity contribution in [2.75, 3.05) is 6.61 Å².